The third-order valence-electron chi connectivity index (χ3n) is 1.11. The zero-order valence-corrected chi connectivity index (χ0v) is 7.21. The van der Waals surface area contributed by atoms with Crippen LogP contribution >= 0.6 is 0 Å². The van der Waals surface area contributed by atoms with Gasteiger partial charge in [-0.2, -0.15) is 0 Å². The smallest absolute Gasteiger partial charge is 0.124 e. The Kier molecular flexibility index (Phi) is 8.55. The fourth-order valence-corrected chi connectivity index (χ4v) is 0.606. The molecule has 0 aromatic rings. The Morgan fingerprint density at radius 2 is 1.33 bits per heavy atom. The van der Waals surface area contributed by atoms with Gasteiger partial charge in [-0.1, -0.05) is 24.6 Å². The molecule has 0 aromatic heterocycles. The zero-order chi connectivity index (χ0) is 9.07. The summed E-state index contributed by atoms with van der Waals surface area (Å²) < 4.78 is 9.99. The molecule has 0 spiro atoms. The molecular weight excluding hydrogens is 152 g/mol. The van der Waals surface area contributed by atoms with Crippen LogP contribution in [0.1, 0.15) is 12.8 Å². The SMILES string of the molecule is C=C=COCCCCOC=C=C. The monoisotopic (exact) mass is 166 g/mol. The Bertz CT molecular complexity index is 162. The van der Waals surface area contributed by atoms with Gasteiger partial charge in [0.1, 0.15) is 12.5 Å². The molecule has 0 bridgehead atoms. The van der Waals surface area contributed by atoms with Crippen LogP contribution in [0.25, 0.3) is 0 Å². The van der Waals surface area contributed by atoms with E-state index in [0.717, 1.165) is 12.8 Å². The molecule has 0 radical (unpaired) electrons. The average molecular weight is 166 g/mol. The van der Waals surface area contributed by atoms with Crippen LogP contribution in [0.4, 0.5) is 0 Å². The fourth-order valence-electron chi connectivity index (χ4n) is 0.606. The lowest BCUT2D eigenvalue weighted by molar-refractivity contribution is 0.206. The number of unbranched alkanes of at least 4 members (excludes halogenated alkanes) is 1. The molecule has 0 aliphatic heterocycles. The highest BCUT2D eigenvalue weighted by Gasteiger charge is 1.86. The molecule has 2 heteroatoms. The summed E-state index contributed by atoms with van der Waals surface area (Å²) in [5.74, 6) is 0. The van der Waals surface area contributed by atoms with Crippen molar-refractivity contribution in [3.8, 4) is 0 Å². The Hall–Kier alpha value is -1.36. The highest BCUT2D eigenvalue weighted by molar-refractivity contribution is 4.65. The van der Waals surface area contributed by atoms with E-state index in [1.54, 1.807) is 0 Å². The zero-order valence-electron chi connectivity index (χ0n) is 7.21. The summed E-state index contributed by atoms with van der Waals surface area (Å²) in [6.45, 7) is 8.11. The summed E-state index contributed by atoms with van der Waals surface area (Å²) in [7, 11) is 0. The van der Waals surface area contributed by atoms with Crippen LogP contribution in [-0.2, 0) is 9.47 Å². The summed E-state index contributed by atoms with van der Waals surface area (Å²) in [6.07, 6.45) is 4.85. The molecule has 0 fully saturated rings. The average Bonchev–Trinajstić information content (AvgIpc) is 2.10. The summed E-state index contributed by atoms with van der Waals surface area (Å²) in [6, 6.07) is 0. The molecule has 0 saturated carbocycles. The van der Waals surface area contributed by atoms with E-state index in [2.05, 4.69) is 24.6 Å². The first-order valence-corrected chi connectivity index (χ1v) is 3.83. The van der Waals surface area contributed by atoms with Crippen molar-refractivity contribution in [1.29, 1.82) is 0 Å². The summed E-state index contributed by atoms with van der Waals surface area (Å²) >= 11 is 0. The van der Waals surface area contributed by atoms with Gasteiger partial charge in [0.05, 0.1) is 13.2 Å². The molecule has 0 aliphatic rings. The second-order valence-electron chi connectivity index (χ2n) is 2.09. The maximum Gasteiger partial charge on any atom is 0.124 e. The first-order valence-electron chi connectivity index (χ1n) is 3.83. The third-order valence-corrected chi connectivity index (χ3v) is 1.11. The number of rotatable bonds is 7. The van der Waals surface area contributed by atoms with Crippen LogP contribution < -0.4 is 0 Å². The van der Waals surface area contributed by atoms with E-state index in [1.807, 2.05) is 0 Å². The third kappa shape index (κ3) is 8.64. The van der Waals surface area contributed by atoms with Crippen LogP contribution in [0.5, 0.6) is 0 Å². The van der Waals surface area contributed by atoms with Gasteiger partial charge in [0.25, 0.3) is 0 Å². The van der Waals surface area contributed by atoms with Crippen LogP contribution in [0.15, 0.2) is 37.1 Å². The van der Waals surface area contributed by atoms with Crippen LogP contribution in [0.2, 0.25) is 0 Å². The highest BCUT2D eigenvalue weighted by atomic mass is 16.5. The lowest BCUT2D eigenvalue weighted by Gasteiger charge is -1.99. The normalized spacial score (nSPS) is 7.67. The summed E-state index contributed by atoms with van der Waals surface area (Å²) in [5.41, 5.74) is 5.05. The predicted octanol–water partition coefficient (Wildman–Crippen LogP) is 2.40. The van der Waals surface area contributed by atoms with Crippen molar-refractivity contribution in [2.24, 2.45) is 0 Å². The van der Waals surface area contributed by atoms with Gasteiger partial charge in [-0.15, -0.1) is 0 Å². The molecule has 0 N–H and O–H groups in total. The van der Waals surface area contributed by atoms with E-state index < -0.39 is 0 Å². The topological polar surface area (TPSA) is 18.5 Å². The lowest BCUT2D eigenvalue weighted by Crippen LogP contribution is -1.92. The minimum Gasteiger partial charge on any atom is -0.493 e. The predicted molar refractivity (Wildman–Crippen MR) is 48.6 cm³/mol. The molecule has 66 valence electrons. The lowest BCUT2D eigenvalue weighted by atomic mass is 10.3. The molecule has 0 heterocycles. The van der Waals surface area contributed by atoms with Crippen molar-refractivity contribution < 1.29 is 9.47 Å². The molecule has 0 aliphatic carbocycles. The van der Waals surface area contributed by atoms with E-state index >= 15 is 0 Å². The van der Waals surface area contributed by atoms with Crippen molar-refractivity contribution in [1.82, 2.24) is 0 Å². The Morgan fingerprint density at radius 3 is 1.67 bits per heavy atom. The summed E-state index contributed by atoms with van der Waals surface area (Å²) in [5, 5.41) is 0. The van der Waals surface area contributed by atoms with Crippen molar-refractivity contribution in [2.45, 2.75) is 12.8 Å². The van der Waals surface area contributed by atoms with Gasteiger partial charge in [-0.05, 0) is 12.8 Å². The van der Waals surface area contributed by atoms with Gasteiger partial charge in [0, 0.05) is 0 Å². The first kappa shape index (κ1) is 10.6. The standard InChI is InChI=1S/C10H14O2/c1-3-7-11-9-5-6-10-12-8-4-2/h7-8H,1-2,5-6,9-10H2. The Labute approximate surface area is 73.5 Å². The Morgan fingerprint density at radius 1 is 0.917 bits per heavy atom. The van der Waals surface area contributed by atoms with Crippen LogP contribution in [-0.4, -0.2) is 13.2 Å². The number of hydrogen-bond donors (Lipinski definition) is 0. The van der Waals surface area contributed by atoms with Crippen molar-refractivity contribution in [3.63, 3.8) is 0 Å². The molecule has 12 heavy (non-hydrogen) atoms. The van der Waals surface area contributed by atoms with E-state index in [1.165, 1.54) is 12.5 Å². The maximum absolute atomic E-state index is 5.00. The minimum atomic E-state index is 0.684. The molecule has 0 saturated heterocycles. The van der Waals surface area contributed by atoms with Gasteiger partial charge in [-0.25, -0.2) is 0 Å². The second kappa shape index (κ2) is 9.64. The molecular formula is C10H14O2. The highest BCUT2D eigenvalue weighted by Crippen LogP contribution is 1.91. The number of ether oxygens (including phenoxy) is 2. The molecule has 0 unspecified atom stereocenters. The maximum atomic E-state index is 5.00. The van der Waals surface area contributed by atoms with E-state index in [0.29, 0.717) is 13.2 Å². The van der Waals surface area contributed by atoms with Gasteiger partial charge >= 0.3 is 0 Å². The molecule has 0 atom stereocenters. The summed E-state index contributed by atoms with van der Waals surface area (Å²) in [4.78, 5) is 0. The van der Waals surface area contributed by atoms with Gasteiger partial charge in [0.15, 0.2) is 0 Å². The Balaban J connectivity index is 3.00. The minimum absolute atomic E-state index is 0.684. The van der Waals surface area contributed by atoms with Crippen molar-refractivity contribution in [2.75, 3.05) is 13.2 Å². The van der Waals surface area contributed by atoms with E-state index in [9.17, 15) is 0 Å². The largest absolute Gasteiger partial charge is 0.493 e. The van der Waals surface area contributed by atoms with Gasteiger partial charge in [0.2, 0.25) is 0 Å². The van der Waals surface area contributed by atoms with Gasteiger partial charge < -0.3 is 9.47 Å². The fraction of sp³-hybridized carbons (Fsp3) is 0.400. The number of hydrogen-bond acceptors (Lipinski definition) is 2. The van der Waals surface area contributed by atoms with Crippen LogP contribution in [0.3, 0.4) is 0 Å². The van der Waals surface area contributed by atoms with E-state index in [4.69, 9.17) is 9.47 Å². The van der Waals surface area contributed by atoms with Crippen molar-refractivity contribution in [3.05, 3.63) is 37.1 Å². The second-order valence-corrected chi connectivity index (χ2v) is 2.09. The van der Waals surface area contributed by atoms with E-state index in [-0.39, 0.29) is 0 Å². The molecule has 0 amide bonds. The molecule has 2 nitrogen and oxygen atoms in total. The molecule has 0 aromatic carbocycles. The quantitative estimate of drug-likeness (QED) is 0.328. The first-order chi connectivity index (χ1) is 5.91. The molecule has 0 rings (SSSR count). The van der Waals surface area contributed by atoms with Gasteiger partial charge in [-0.3, -0.25) is 0 Å². The van der Waals surface area contributed by atoms with Crippen LogP contribution in [0, 0.1) is 0 Å². The van der Waals surface area contributed by atoms with Crippen molar-refractivity contribution >= 4 is 0 Å².